The number of ether oxygens (including phenoxy) is 1. The summed E-state index contributed by atoms with van der Waals surface area (Å²) < 4.78 is 19.0. The van der Waals surface area contributed by atoms with E-state index < -0.39 is 7.60 Å². The van der Waals surface area contributed by atoms with Crippen molar-refractivity contribution in [2.24, 2.45) is 11.3 Å². The topological polar surface area (TPSA) is 136 Å². The predicted octanol–water partition coefficient (Wildman–Crippen LogP) is 0.901. The van der Waals surface area contributed by atoms with Crippen LogP contribution in [-0.2, 0) is 9.30 Å². The van der Waals surface area contributed by atoms with Gasteiger partial charge in [-0.1, -0.05) is 0 Å². The molecule has 4 N–H and O–H groups in total. The van der Waals surface area contributed by atoms with Crippen LogP contribution in [0.5, 0.6) is 0 Å². The summed E-state index contributed by atoms with van der Waals surface area (Å²) in [6, 6.07) is 0. The van der Waals surface area contributed by atoms with Crippen molar-refractivity contribution in [3.63, 3.8) is 0 Å². The lowest BCUT2D eigenvalue weighted by molar-refractivity contribution is 0.0281. The van der Waals surface area contributed by atoms with E-state index in [1.165, 1.54) is 6.33 Å². The Labute approximate surface area is 132 Å². The highest BCUT2D eigenvalue weighted by molar-refractivity contribution is 7.51. The molecule has 0 bridgehead atoms. The van der Waals surface area contributed by atoms with Gasteiger partial charge < -0.3 is 20.3 Å². The summed E-state index contributed by atoms with van der Waals surface area (Å²) in [5, 5.41) is 0. The number of hydrogen-bond donors (Lipinski definition) is 3. The van der Waals surface area contributed by atoms with E-state index in [-0.39, 0.29) is 23.7 Å². The Bertz CT molecular complexity index is 799. The molecule has 10 heteroatoms. The SMILES string of the molecule is Nc1ncnc2c1ncn2[C@@H]1OC[C@H](CCP(=O)(O)O)C12CC2. The van der Waals surface area contributed by atoms with E-state index in [9.17, 15) is 4.57 Å². The van der Waals surface area contributed by atoms with E-state index in [1.807, 2.05) is 4.57 Å². The van der Waals surface area contributed by atoms with Gasteiger partial charge in [0.2, 0.25) is 0 Å². The lowest BCUT2D eigenvalue weighted by atomic mass is 9.88. The third kappa shape index (κ3) is 2.44. The quantitative estimate of drug-likeness (QED) is 0.699. The number of anilines is 1. The Morgan fingerprint density at radius 1 is 1.39 bits per heavy atom. The van der Waals surface area contributed by atoms with Crippen molar-refractivity contribution in [2.45, 2.75) is 25.5 Å². The highest BCUT2D eigenvalue weighted by atomic mass is 31.2. The number of rotatable bonds is 4. The number of hydrogen-bond acceptors (Lipinski definition) is 6. The molecule has 1 spiro atoms. The minimum absolute atomic E-state index is 0.0808. The molecule has 23 heavy (non-hydrogen) atoms. The van der Waals surface area contributed by atoms with Crippen LogP contribution < -0.4 is 5.73 Å². The van der Waals surface area contributed by atoms with Crippen LogP contribution in [-0.4, -0.2) is 42.1 Å². The lowest BCUT2D eigenvalue weighted by Gasteiger charge is -2.23. The number of nitrogens with two attached hydrogens (primary N) is 1. The van der Waals surface area contributed by atoms with Crippen molar-refractivity contribution in [1.29, 1.82) is 0 Å². The number of nitrogen functional groups attached to an aromatic ring is 1. The maximum atomic E-state index is 11.1. The molecule has 2 atom stereocenters. The van der Waals surface area contributed by atoms with E-state index in [1.54, 1.807) is 6.33 Å². The van der Waals surface area contributed by atoms with Crippen LogP contribution in [0.2, 0.25) is 0 Å². The van der Waals surface area contributed by atoms with Crippen molar-refractivity contribution in [3.05, 3.63) is 12.7 Å². The van der Waals surface area contributed by atoms with Gasteiger partial charge in [0.05, 0.1) is 19.1 Å². The molecule has 3 heterocycles. The second kappa shape index (κ2) is 4.98. The zero-order valence-electron chi connectivity index (χ0n) is 12.4. The van der Waals surface area contributed by atoms with Crippen LogP contribution in [0.1, 0.15) is 25.5 Å². The summed E-state index contributed by atoms with van der Waals surface area (Å²) in [5.74, 6) is 0.464. The van der Waals surface area contributed by atoms with Gasteiger partial charge in [-0.25, -0.2) is 15.0 Å². The first-order chi connectivity index (χ1) is 10.9. The second-order valence-corrected chi connectivity index (χ2v) is 8.15. The maximum Gasteiger partial charge on any atom is 0.325 e. The van der Waals surface area contributed by atoms with E-state index >= 15 is 0 Å². The first-order valence-corrected chi connectivity index (χ1v) is 9.30. The normalized spacial score (nSPS) is 26.2. The number of nitrogens with zero attached hydrogens (tertiary/aromatic N) is 4. The molecule has 0 amide bonds. The van der Waals surface area contributed by atoms with Crippen molar-refractivity contribution < 1.29 is 19.1 Å². The summed E-state index contributed by atoms with van der Waals surface area (Å²) in [7, 11) is -3.98. The Morgan fingerprint density at radius 3 is 2.87 bits per heavy atom. The maximum absolute atomic E-state index is 11.1. The van der Waals surface area contributed by atoms with Gasteiger partial charge in [0.15, 0.2) is 11.5 Å². The first kappa shape index (κ1) is 15.0. The van der Waals surface area contributed by atoms with Crippen LogP contribution >= 0.6 is 7.60 Å². The van der Waals surface area contributed by atoms with Crippen molar-refractivity contribution in [3.8, 4) is 0 Å². The van der Waals surface area contributed by atoms with Gasteiger partial charge in [-0.05, 0) is 25.2 Å². The highest BCUT2D eigenvalue weighted by Gasteiger charge is 2.60. The Morgan fingerprint density at radius 2 is 2.17 bits per heavy atom. The summed E-state index contributed by atoms with van der Waals surface area (Å²) in [6.07, 6.45) is 5.15. The fourth-order valence-electron chi connectivity index (χ4n) is 3.63. The average molecular weight is 339 g/mol. The van der Waals surface area contributed by atoms with Gasteiger partial charge in [-0.2, -0.15) is 0 Å². The molecule has 1 aliphatic heterocycles. The molecule has 0 radical (unpaired) electrons. The third-order valence-electron chi connectivity index (χ3n) is 5.00. The number of aromatic nitrogens is 4. The van der Waals surface area contributed by atoms with E-state index in [0.29, 0.717) is 30.0 Å². The molecule has 124 valence electrons. The molecule has 9 nitrogen and oxygen atoms in total. The zero-order valence-corrected chi connectivity index (χ0v) is 13.3. The van der Waals surface area contributed by atoms with Gasteiger partial charge in [0.1, 0.15) is 18.1 Å². The van der Waals surface area contributed by atoms with E-state index in [2.05, 4.69) is 15.0 Å². The molecule has 1 saturated heterocycles. The Kier molecular flexibility index (Phi) is 3.25. The second-order valence-electron chi connectivity index (χ2n) is 6.38. The van der Waals surface area contributed by atoms with Crippen molar-refractivity contribution >= 4 is 24.6 Å². The van der Waals surface area contributed by atoms with Crippen LogP contribution in [0.15, 0.2) is 12.7 Å². The summed E-state index contributed by atoms with van der Waals surface area (Å²) in [5.41, 5.74) is 6.92. The number of fused-ring (bicyclic) bond motifs is 1. The highest BCUT2D eigenvalue weighted by Crippen LogP contribution is 2.65. The van der Waals surface area contributed by atoms with Gasteiger partial charge in [-0.3, -0.25) is 9.13 Å². The summed E-state index contributed by atoms with van der Waals surface area (Å²) in [4.78, 5) is 30.7. The van der Waals surface area contributed by atoms with Crippen molar-refractivity contribution in [2.75, 3.05) is 18.5 Å². The number of imidazole rings is 1. The smallest absolute Gasteiger partial charge is 0.325 e. The zero-order chi connectivity index (χ0) is 16.2. The molecular formula is C13H18N5O4P. The van der Waals surface area contributed by atoms with Gasteiger partial charge >= 0.3 is 7.60 Å². The lowest BCUT2D eigenvalue weighted by Crippen LogP contribution is -2.21. The minimum Gasteiger partial charge on any atom is -0.382 e. The largest absolute Gasteiger partial charge is 0.382 e. The summed E-state index contributed by atoms with van der Waals surface area (Å²) >= 11 is 0. The van der Waals surface area contributed by atoms with Gasteiger partial charge in [0.25, 0.3) is 0 Å². The van der Waals surface area contributed by atoms with Crippen LogP contribution in [0, 0.1) is 11.3 Å². The van der Waals surface area contributed by atoms with E-state index in [0.717, 1.165) is 12.8 Å². The Balaban J connectivity index is 1.63. The standard InChI is InChI=1S/C13H18N5O4P/c14-10-9-11(16-6-15-10)18(7-17-9)12-13(2-3-13)8(5-22-12)1-4-23(19,20)21/h6-8,12H,1-5H2,(H2,14,15,16)(H2,19,20,21)/t8-,12+/m0/s1. The molecule has 1 aliphatic carbocycles. The van der Waals surface area contributed by atoms with Crippen LogP contribution in [0.3, 0.4) is 0 Å². The van der Waals surface area contributed by atoms with Crippen LogP contribution in [0.4, 0.5) is 5.82 Å². The average Bonchev–Trinajstić information content (AvgIpc) is 3.01. The first-order valence-electron chi connectivity index (χ1n) is 7.50. The molecule has 0 aromatic carbocycles. The fraction of sp³-hybridized carbons (Fsp3) is 0.615. The monoisotopic (exact) mass is 339 g/mol. The molecule has 2 fully saturated rings. The van der Waals surface area contributed by atoms with Gasteiger partial charge in [0, 0.05) is 5.41 Å². The van der Waals surface area contributed by atoms with Crippen molar-refractivity contribution in [1.82, 2.24) is 19.5 Å². The van der Waals surface area contributed by atoms with E-state index in [4.69, 9.17) is 20.3 Å². The molecule has 0 unspecified atom stereocenters. The molecule has 2 aromatic heterocycles. The predicted molar refractivity (Wildman–Crippen MR) is 81.4 cm³/mol. The Hall–Kier alpha value is -1.54. The molecule has 4 rings (SSSR count). The molecular weight excluding hydrogens is 321 g/mol. The molecule has 2 aromatic rings. The summed E-state index contributed by atoms with van der Waals surface area (Å²) in [6.45, 7) is 0.491. The fourth-order valence-corrected chi connectivity index (χ4v) is 4.28. The molecule has 1 saturated carbocycles. The third-order valence-corrected chi connectivity index (χ3v) is 5.84. The molecule has 2 aliphatic rings. The minimum atomic E-state index is -3.98. The van der Waals surface area contributed by atoms with Gasteiger partial charge in [-0.15, -0.1) is 0 Å². The van der Waals surface area contributed by atoms with Crippen LogP contribution in [0.25, 0.3) is 11.2 Å².